The number of rotatable bonds is 5. The lowest BCUT2D eigenvalue weighted by molar-refractivity contribution is -0.140. The van der Waals surface area contributed by atoms with Crippen molar-refractivity contribution in [2.24, 2.45) is 5.92 Å². The first kappa shape index (κ1) is 13.3. The van der Waals surface area contributed by atoms with Gasteiger partial charge in [-0.1, -0.05) is 43.3 Å². The molecule has 0 saturated heterocycles. The summed E-state index contributed by atoms with van der Waals surface area (Å²) in [4.78, 5) is 15.5. The number of carboxylic acids is 1. The van der Waals surface area contributed by atoms with Crippen molar-refractivity contribution < 1.29 is 9.90 Å². The predicted octanol–water partition coefficient (Wildman–Crippen LogP) is 3.13. The lowest BCUT2D eigenvalue weighted by Gasteiger charge is -2.20. The van der Waals surface area contributed by atoms with E-state index in [0.29, 0.717) is 0 Å². The first-order valence-electron chi connectivity index (χ1n) is 6.35. The van der Waals surface area contributed by atoms with Crippen molar-refractivity contribution in [3.05, 3.63) is 66.0 Å². The highest BCUT2D eigenvalue weighted by Crippen LogP contribution is 2.27. The fourth-order valence-electron chi connectivity index (χ4n) is 2.38. The second-order valence-electron chi connectivity index (χ2n) is 4.77. The Hall–Kier alpha value is -2.16. The number of carbonyl (C=O) groups is 1. The maximum absolute atomic E-state index is 11.5. The Labute approximate surface area is 112 Å². The van der Waals surface area contributed by atoms with Crippen LogP contribution in [0.1, 0.15) is 24.0 Å². The van der Waals surface area contributed by atoms with Crippen molar-refractivity contribution in [1.82, 2.24) is 4.98 Å². The minimum Gasteiger partial charge on any atom is -0.481 e. The smallest absolute Gasteiger partial charge is 0.311 e. The van der Waals surface area contributed by atoms with Gasteiger partial charge in [0.05, 0.1) is 5.92 Å². The SMILES string of the molecule is C[C@H](Cc1ccccc1)[C@@H](C(=O)O)c1cccnc1. The summed E-state index contributed by atoms with van der Waals surface area (Å²) < 4.78 is 0. The van der Waals surface area contributed by atoms with Crippen LogP contribution >= 0.6 is 0 Å². The number of nitrogens with zero attached hydrogens (tertiary/aromatic N) is 1. The van der Waals surface area contributed by atoms with Gasteiger partial charge in [0, 0.05) is 12.4 Å². The topological polar surface area (TPSA) is 50.2 Å². The van der Waals surface area contributed by atoms with Crippen LogP contribution in [-0.4, -0.2) is 16.1 Å². The van der Waals surface area contributed by atoms with Gasteiger partial charge in [-0.3, -0.25) is 9.78 Å². The molecule has 3 nitrogen and oxygen atoms in total. The lowest BCUT2D eigenvalue weighted by Crippen LogP contribution is -2.21. The molecule has 0 bridgehead atoms. The maximum atomic E-state index is 11.5. The quantitative estimate of drug-likeness (QED) is 0.893. The molecule has 98 valence electrons. The third-order valence-corrected chi connectivity index (χ3v) is 3.28. The van der Waals surface area contributed by atoms with Crippen LogP contribution in [-0.2, 0) is 11.2 Å². The molecule has 0 amide bonds. The van der Waals surface area contributed by atoms with Crippen molar-refractivity contribution >= 4 is 5.97 Å². The summed E-state index contributed by atoms with van der Waals surface area (Å²) in [6.07, 6.45) is 4.04. The van der Waals surface area contributed by atoms with Gasteiger partial charge in [-0.2, -0.15) is 0 Å². The minimum absolute atomic E-state index is 0.0177. The van der Waals surface area contributed by atoms with E-state index in [1.165, 1.54) is 0 Å². The highest BCUT2D eigenvalue weighted by atomic mass is 16.4. The molecule has 0 radical (unpaired) electrons. The second-order valence-corrected chi connectivity index (χ2v) is 4.77. The fraction of sp³-hybridized carbons (Fsp3) is 0.250. The Balaban J connectivity index is 2.18. The third kappa shape index (κ3) is 3.41. The van der Waals surface area contributed by atoms with Crippen LogP contribution in [0.5, 0.6) is 0 Å². The van der Waals surface area contributed by atoms with E-state index in [2.05, 4.69) is 4.98 Å². The molecule has 2 atom stereocenters. The van der Waals surface area contributed by atoms with Gasteiger partial charge in [0.15, 0.2) is 0 Å². The van der Waals surface area contributed by atoms with Gasteiger partial charge >= 0.3 is 5.97 Å². The zero-order chi connectivity index (χ0) is 13.7. The Morgan fingerprint density at radius 3 is 2.53 bits per heavy atom. The molecule has 0 fully saturated rings. The lowest BCUT2D eigenvalue weighted by atomic mass is 9.84. The van der Waals surface area contributed by atoms with Gasteiger partial charge < -0.3 is 5.11 Å². The van der Waals surface area contributed by atoms with Gasteiger partial charge in [-0.15, -0.1) is 0 Å². The molecule has 3 heteroatoms. The number of hydrogen-bond donors (Lipinski definition) is 1. The summed E-state index contributed by atoms with van der Waals surface area (Å²) in [5.74, 6) is -1.30. The monoisotopic (exact) mass is 255 g/mol. The van der Waals surface area contributed by atoms with E-state index >= 15 is 0 Å². The van der Waals surface area contributed by atoms with Crippen LogP contribution < -0.4 is 0 Å². The highest BCUT2D eigenvalue weighted by Gasteiger charge is 2.26. The molecule has 1 heterocycles. The van der Waals surface area contributed by atoms with Crippen molar-refractivity contribution in [3.8, 4) is 0 Å². The summed E-state index contributed by atoms with van der Waals surface area (Å²) in [5, 5.41) is 9.45. The largest absolute Gasteiger partial charge is 0.481 e. The van der Waals surface area contributed by atoms with Crippen LogP contribution in [0.25, 0.3) is 0 Å². The van der Waals surface area contributed by atoms with E-state index < -0.39 is 11.9 Å². The number of pyridine rings is 1. The second kappa shape index (κ2) is 6.14. The van der Waals surface area contributed by atoms with Crippen LogP contribution in [0.15, 0.2) is 54.9 Å². The Bertz CT molecular complexity index is 525. The summed E-state index contributed by atoms with van der Waals surface area (Å²) in [5.41, 5.74) is 1.92. The molecule has 2 rings (SSSR count). The molecule has 0 aliphatic rings. The van der Waals surface area contributed by atoms with E-state index in [1.807, 2.05) is 43.3 Å². The Kier molecular flexibility index (Phi) is 4.29. The molecule has 0 unspecified atom stereocenters. The molecule has 1 aromatic carbocycles. The van der Waals surface area contributed by atoms with Gasteiger partial charge in [0.1, 0.15) is 0 Å². The maximum Gasteiger partial charge on any atom is 0.311 e. The average molecular weight is 255 g/mol. The standard InChI is InChI=1S/C16H17NO2/c1-12(10-13-6-3-2-4-7-13)15(16(18)19)14-8-5-9-17-11-14/h2-9,11-12,15H,10H2,1H3,(H,18,19)/t12-,15-/m1/s1. The summed E-state index contributed by atoms with van der Waals surface area (Å²) in [7, 11) is 0. The van der Waals surface area contributed by atoms with Crippen molar-refractivity contribution in [2.45, 2.75) is 19.3 Å². The minimum atomic E-state index is -0.795. The van der Waals surface area contributed by atoms with Crippen LogP contribution in [0.2, 0.25) is 0 Å². The van der Waals surface area contributed by atoms with E-state index in [-0.39, 0.29) is 5.92 Å². The summed E-state index contributed by atoms with van der Waals surface area (Å²) >= 11 is 0. The molecule has 1 N–H and O–H groups in total. The molecule has 19 heavy (non-hydrogen) atoms. The zero-order valence-electron chi connectivity index (χ0n) is 10.9. The normalized spacial score (nSPS) is 13.7. The third-order valence-electron chi connectivity index (χ3n) is 3.28. The summed E-state index contributed by atoms with van der Waals surface area (Å²) in [6, 6.07) is 13.6. The molecular formula is C16H17NO2. The average Bonchev–Trinajstić information content (AvgIpc) is 2.40. The molecule has 0 aliphatic heterocycles. The van der Waals surface area contributed by atoms with E-state index in [0.717, 1.165) is 17.5 Å². The zero-order valence-corrected chi connectivity index (χ0v) is 10.9. The number of aromatic nitrogens is 1. The molecule has 2 aromatic rings. The molecule has 1 aromatic heterocycles. The number of benzene rings is 1. The van der Waals surface area contributed by atoms with Crippen LogP contribution in [0, 0.1) is 5.92 Å². The van der Waals surface area contributed by atoms with E-state index in [1.54, 1.807) is 18.5 Å². The van der Waals surface area contributed by atoms with E-state index in [4.69, 9.17) is 0 Å². The Morgan fingerprint density at radius 1 is 1.21 bits per heavy atom. The Morgan fingerprint density at radius 2 is 1.95 bits per heavy atom. The van der Waals surface area contributed by atoms with Crippen molar-refractivity contribution in [2.75, 3.05) is 0 Å². The highest BCUT2D eigenvalue weighted by molar-refractivity contribution is 5.76. The number of carboxylic acid groups (broad SMARTS) is 1. The van der Waals surface area contributed by atoms with E-state index in [9.17, 15) is 9.90 Å². The van der Waals surface area contributed by atoms with Gasteiger partial charge in [-0.25, -0.2) is 0 Å². The predicted molar refractivity (Wildman–Crippen MR) is 73.9 cm³/mol. The van der Waals surface area contributed by atoms with Gasteiger partial charge in [0.25, 0.3) is 0 Å². The van der Waals surface area contributed by atoms with Crippen molar-refractivity contribution in [3.63, 3.8) is 0 Å². The molecule has 0 aliphatic carbocycles. The number of hydrogen-bond acceptors (Lipinski definition) is 2. The fourth-order valence-corrected chi connectivity index (χ4v) is 2.38. The van der Waals surface area contributed by atoms with Crippen molar-refractivity contribution in [1.29, 1.82) is 0 Å². The van der Waals surface area contributed by atoms with Crippen LogP contribution in [0.3, 0.4) is 0 Å². The first-order chi connectivity index (χ1) is 9.18. The molecular weight excluding hydrogens is 238 g/mol. The molecule has 0 spiro atoms. The summed E-state index contributed by atoms with van der Waals surface area (Å²) in [6.45, 7) is 1.97. The first-order valence-corrected chi connectivity index (χ1v) is 6.35. The number of aliphatic carboxylic acids is 1. The van der Waals surface area contributed by atoms with Gasteiger partial charge in [-0.05, 0) is 29.5 Å². The molecule has 0 saturated carbocycles. The van der Waals surface area contributed by atoms with Crippen LogP contribution in [0.4, 0.5) is 0 Å². The van der Waals surface area contributed by atoms with Gasteiger partial charge in [0.2, 0.25) is 0 Å².